The number of nitro benzene ring substituents is 1. The number of ether oxygens (including phenoxy) is 1. The molecule has 6 nitrogen and oxygen atoms in total. The van der Waals surface area contributed by atoms with Gasteiger partial charge >= 0.3 is 5.69 Å². The molecule has 0 spiro atoms. The molecule has 1 amide bonds. The number of methoxy groups -OCH3 is 1. The fourth-order valence-electron chi connectivity index (χ4n) is 1.48. The molecule has 0 aliphatic heterocycles. The highest BCUT2D eigenvalue weighted by atomic mass is 16.6. The van der Waals surface area contributed by atoms with E-state index >= 15 is 0 Å². The van der Waals surface area contributed by atoms with E-state index in [1.807, 2.05) is 0 Å². The number of rotatable bonds is 3. The summed E-state index contributed by atoms with van der Waals surface area (Å²) in [5.41, 5.74) is 6.04. The number of carbonyl (C=O) groups excluding carboxylic acids is 1. The van der Waals surface area contributed by atoms with Crippen molar-refractivity contribution in [2.75, 3.05) is 7.11 Å². The summed E-state index contributed by atoms with van der Waals surface area (Å²) in [5, 5.41) is 10.9. The second kappa shape index (κ2) is 4.18. The minimum atomic E-state index is -0.747. The smallest absolute Gasteiger partial charge is 0.314 e. The van der Waals surface area contributed by atoms with Crippen molar-refractivity contribution >= 4 is 11.6 Å². The largest absolute Gasteiger partial charge is 0.490 e. The van der Waals surface area contributed by atoms with Crippen LogP contribution in [-0.4, -0.2) is 17.9 Å². The van der Waals surface area contributed by atoms with Gasteiger partial charge in [-0.25, -0.2) is 0 Å². The van der Waals surface area contributed by atoms with E-state index in [1.54, 1.807) is 13.8 Å². The van der Waals surface area contributed by atoms with Crippen LogP contribution in [0.3, 0.4) is 0 Å². The maximum atomic E-state index is 11.1. The lowest BCUT2D eigenvalue weighted by Crippen LogP contribution is -2.14. The molecule has 0 saturated carbocycles. The van der Waals surface area contributed by atoms with Crippen LogP contribution in [0, 0.1) is 24.0 Å². The van der Waals surface area contributed by atoms with Crippen LogP contribution in [0.2, 0.25) is 0 Å². The van der Waals surface area contributed by atoms with Gasteiger partial charge in [0.05, 0.1) is 17.6 Å². The average Bonchev–Trinajstić information content (AvgIpc) is 2.20. The number of amides is 1. The lowest BCUT2D eigenvalue weighted by atomic mass is 10.0. The summed E-state index contributed by atoms with van der Waals surface area (Å²) in [4.78, 5) is 21.5. The van der Waals surface area contributed by atoms with Gasteiger partial charge in [0.1, 0.15) is 0 Å². The van der Waals surface area contributed by atoms with Crippen molar-refractivity contribution in [3.8, 4) is 5.75 Å². The first-order valence-corrected chi connectivity index (χ1v) is 4.52. The third-order valence-corrected chi connectivity index (χ3v) is 2.42. The first-order chi connectivity index (χ1) is 7.40. The van der Waals surface area contributed by atoms with E-state index in [2.05, 4.69) is 0 Å². The highest BCUT2D eigenvalue weighted by Crippen LogP contribution is 2.35. The molecule has 0 heterocycles. The van der Waals surface area contributed by atoms with Gasteiger partial charge in [-0.3, -0.25) is 14.9 Å². The molecule has 0 saturated heterocycles. The minimum absolute atomic E-state index is 0.0253. The first-order valence-electron chi connectivity index (χ1n) is 4.52. The average molecular weight is 224 g/mol. The zero-order chi connectivity index (χ0) is 12.5. The first kappa shape index (κ1) is 12.0. The van der Waals surface area contributed by atoms with Crippen LogP contribution in [0.25, 0.3) is 0 Å². The standard InChI is InChI=1S/C10H12N2O4/c1-5-4-7(10(11)13)9(16-3)8(6(5)2)12(14)15/h4H,1-3H3,(H2,11,13). The molecule has 0 aliphatic carbocycles. The summed E-state index contributed by atoms with van der Waals surface area (Å²) in [6, 6.07) is 1.49. The summed E-state index contributed by atoms with van der Waals surface area (Å²) in [7, 11) is 1.27. The van der Waals surface area contributed by atoms with Gasteiger partial charge in [0, 0.05) is 5.56 Å². The molecule has 0 bridgehead atoms. The van der Waals surface area contributed by atoms with Gasteiger partial charge in [0.15, 0.2) is 0 Å². The van der Waals surface area contributed by atoms with Crippen LogP contribution < -0.4 is 10.5 Å². The summed E-state index contributed by atoms with van der Waals surface area (Å²) in [6.07, 6.45) is 0. The van der Waals surface area contributed by atoms with Crippen LogP contribution in [0.4, 0.5) is 5.69 Å². The molecule has 1 aromatic rings. The van der Waals surface area contributed by atoms with E-state index in [0.717, 1.165) is 0 Å². The minimum Gasteiger partial charge on any atom is -0.490 e. The predicted octanol–water partition coefficient (Wildman–Crippen LogP) is 1.32. The molecule has 0 unspecified atom stereocenters. The number of nitro groups is 1. The van der Waals surface area contributed by atoms with E-state index in [4.69, 9.17) is 10.5 Å². The second-order valence-electron chi connectivity index (χ2n) is 3.37. The molecule has 6 heteroatoms. The third kappa shape index (κ3) is 1.81. The zero-order valence-corrected chi connectivity index (χ0v) is 9.23. The Morgan fingerprint density at radius 3 is 2.44 bits per heavy atom. The second-order valence-corrected chi connectivity index (χ2v) is 3.37. The number of nitrogens with two attached hydrogens (primary N) is 1. The van der Waals surface area contributed by atoms with Crippen LogP contribution >= 0.6 is 0 Å². The van der Waals surface area contributed by atoms with Gasteiger partial charge in [0.25, 0.3) is 5.91 Å². The van der Waals surface area contributed by atoms with Gasteiger partial charge in [0.2, 0.25) is 5.75 Å². The van der Waals surface area contributed by atoms with Gasteiger partial charge in [-0.1, -0.05) is 0 Å². The number of nitrogens with zero attached hydrogens (tertiary/aromatic N) is 1. The van der Waals surface area contributed by atoms with E-state index in [0.29, 0.717) is 11.1 Å². The van der Waals surface area contributed by atoms with Crippen LogP contribution in [0.5, 0.6) is 5.75 Å². The van der Waals surface area contributed by atoms with Crippen LogP contribution in [-0.2, 0) is 0 Å². The maximum absolute atomic E-state index is 11.1. The topological polar surface area (TPSA) is 95.5 Å². The van der Waals surface area contributed by atoms with Crippen molar-refractivity contribution in [1.82, 2.24) is 0 Å². The molecule has 2 N–H and O–H groups in total. The number of carbonyl (C=O) groups is 1. The number of hydrogen-bond donors (Lipinski definition) is 1. The monoisotopic (exact) mass is 224 g/mol. The number of benzene rings is 1. The SMILES string of the molecule is COc1c(C(N)=O)cc(C)c(C)c1[N+](=O)[O-]. The predicted molar refractivity (Wildman–Crippen MR) is 57.6 cm³/mol. The normalized spacial score (nSPS) is 9.94. The molecular formula is C10H12N2O4. The Balaban J connectivity index is 3.68. The van der Waals surface area contributed by atoms with Crippen molar-refractivity contribution in [3.63, 3.8) is 0 Å². The van der Waals surface area contributed by atoms with E-state index in [-0.39, 0.29) is 17.0 Å². The molecular weight excluding hydrogens is 212 g/mol. The Labute approximate surface area is 92.2 Å². The molecule has 1 rings (SSSR count). The summed E-state index contributed by atoms with van der Waals surface area (Å²) < 4.78 is 4.89. The van der Waals surface area contributed by atoms with Crippen LogP contribution in [0.1, 0.15) is 21.5 Å². The highest BCUT2D eigenvalue weighted by molar-refractivity contribution is 5.97. The van der Waals surface area contributed by atoms with E-state index in [1.165, 1.54) is 13.2 Å². The molecule has 16 heavy (non-hydrogen) atoms. The van der Waals surface area contributed by atoms with E-state index < -0.39 is 10.8 Å². The van der Waals surface area contributed by atoms with Crippen molar-refractivity contribution in [2.24, 2.45) is 5.73 Å². The Kier molecular flexibility index (Phi) is 3.12. The molecule has 1 aromatic carbocycles. The molecule has 0 atom stereocenters. The lowest BCUT2D eigenvalue weighted by Gasteiger charge is -2.10. The fraction of sp³-hybridized carbons (Fsp3) is 0.300. The number of hydrogen-bond acceptors (Lipinski definition) is 4. The van der Waals surface area contributed by atoms with Gasteiger partial charge in [-0.05, 0) is 25.5 Å². The number of aryl methyl sites for hydroxylation is 1. The molecule has 86 valence electrons. The van der Waals surface area contributed by atoms with E-state index in [9.17, 15) is 14.9 Å². The Morgan fingerprint density at radius 2 is 2.06 bits per heavy atom. The molecule has 0 aromatic heterocycles. The summed E-state index contributed by atoms with van der Waals surface area (Å²) in [5.74, 6) is -0.830. The van der Waals surface area contributed by atoms with Crippen molar-refractivity contribution < 1.29 is 14.5 Å². The maximum Gasteiger partial charge on any atom is 0.314 e. The Bertz CT molecular complexity index is 468. The molecule has 0 aliphatic rings. The van der Waals surface area contributed by atoms with Crippen molar-refractivity contribution in [3.05, 3.63) is 32.9 Å². The Morgan fingerprint density at radius 1 is 1.50 bits per heavy atom. The molecule has 0 radical (unpaired) electrons. The zero-order valence-electron chi connectivity index (χ0n) is 9.23. The quantitative estimate of drug-likeness (QED) is 0.618. The molecule has 0 fully saturated rings. The van der Waals surface area contributed by atoms with Gasteiger partial charge in [-0.15, -0.1) is 0 Å². The van der Waals surface area contributed by atoms with Crippen molar-refractivity contribution in [1.29, 1.82) is 0 Å². The lowest BCUT2D eigenvalue weighted by molar-refractivity contribution is -0.386. The van der Waals surface area contributed by atoms with Gasteiger partial charge < -0.3 is 10.5 Å². The third-order valence-electron chi connectivity index (χ3n) is 2.42. The summed E-state index contributed by atoms with van der Waals surface area (Å²) >= 11 is 0. The number of primary amides is 1. The highest BCUT2D eigenvalue weighted by Gasteiger charge is 2.26. The summed E-state index contributed by atoms with van der Waals surface area (Å²) in [6.45, 7) is 3.27. The fourth-order valence-corrected chi connectivity index (χ4v) is 1.48. The van der Waals surface area contributed by atoms with Crippen molar-refractivity contribution in [2.45, 2.75) is 13.8 Å². The van der Waals surface area contributed by atoms with Gasteiger partial charge in [-0.2, -0.15) is 0 Å². The van der Waals surface area contributed by atoms with Crippen LogP contribution in [0.15, 0.2) is 6.07 Å². The Hall–Kier alpha value is -2.11.